The van der Waals surface area contributed by atoms with Crippen LogP contribution in [-0.2, 0) is 23.0 Å². The monoisotopic (exact) mass is 415 g/mol. The fraction of sp³-hybridized carbons (Fsp3) is 0.381. The number of hydrogen-bond acceptors (Lipinski definition) is 4. The third-order valence-electron chi connectivity index (χ3n) is 5.08. The molecule has 0 aliphatic carbocycles. The average molecular weight is 416 g/mol. The summed E-state index contributed by atoms with van der Waals surface area (Å²) in [6.07, 6.45) is 0.935. The van der Waals surface area contributed by atoms with Gasteiger partial charge in [0.15, 0.2) is 5.96 Å². The maximum Gasteiger partial charge on any atom is 0.243 e. The second-order valence-electron chi connectivity index (χ2n) is 7.20. The minimum absolute atomic E-state index is 0.190. The first kappa shape index (κ1) is 21.3. The summed E-state index contributed by atoms with van der Waals surface area (Å²) in [4.78, 5) is 6.80. The predicted molar refractivity (Wildman–Crippen MR) is 117 cm³/mol. The zero-order valence-electron chi connectivity index (χ0n) is 17.0. The topological polar surface area (TPSA) is 91.0 Å². The van der Waals surface area contributed by atoms with Gasteiger partial charge >= 0.3 is 0 Å². The largest absolute Gasteiger partial charge is 0.370 e. The van der Waals surface area contributed by atoms with Gasteiger partial charge in [0.1, 0.15) is 0 Å². The molecule has 0 aromatic heterocycles. The number of rotatable bonds is 6. The summed E-state index contributed by atoms with van der Waals surface area (Å²) in [7, 11) is -1.56. The van der Waals surface area contributed by atoms with Crippen molar-refractivity contribution < 1.29 is 8.42 Å². The molecule has 0 bridgehead atoms. The van der Waals surface area contributed by atoms with E-state index in [2.05, 4.69) is 28.2 Å². The minimum atomic E-state index is -3.56. The van der Waals surface area contributed by atoms with E-state index in [-0.39, 0.29) is 12.5 Å². The molecule has 1 aliphatic heterocycles. The molecule has 7 nitrogen and oxygen atoms in total. The second-order valence-corrected chi connectivity index (χ2v) is 9.10. The van der Waals surface area contributed by atoms with Crippen molar-refractivity contribution in [1.29, 1.82) is 0 Å². The molecule has 0 radical (unpaired) electrons. The highest BCUT2D eigenvalue weighted by Crippen LogP contribution is 2.22. The molecule has 1 fully saturated rings. The van der Waals surface area contributed by atoms with Crippen molar-refractivity contribution in [2.24, 2.45) is 10.7 Å². The highest BCUT2D eigenvalue weighted by atomic mass is 32.2. The van der Waals surface area contributed by atoms with Gasteiger partial charge in [-0.3, -0.25) is 0 Å². The predicted octanol–water partition coefficient (Wildman–Crippen LogP) is 2.11. The van der Waals surface area contributed by atoms with Crippen molar-refractivity contribution in [3.05, 3.63) is 59.7 Å². The first-order valence-corrected chi connectivity index (χ1v) is 11.3. The van der Waals surface area contributed by atoms with Gasteiger partial charge in [0.2, 0.25) is 10.0 Å². The Morgan fingerprint density at radius 3 is 2.55 bits per heavy atom. The standard InChI is InChI=1S/C21H29N5O2S/c1-3-17-7-6-9-19(15-17)24-21(22)23-16-18-8-4-5-10-20(18)29(27,28)26-13-11-25(2)12-14-26/h4-10,15H,3,11-14,16H2,1-2H3,(H3,22,23,24). The van der Waals surface area contributed by atoms with Crippen LogP contribution in [0, 0.1) is 0 Å². The van der Waals surface area contributed by atoms with Crippen molar-refractivity contribution >= 4 is 21.7 Å². The molecule has 2 aromatic carbocycles. The summed E-state index contributed by atoms with van der Waals surface area (Å²) in [5, 5.41) is 3.08. The number of sulfonamides is 1. The van der Waals surface area contributed by atoms with Gasteiger partial charge in [-0.15, -0.1) is 0 Å². The van der Waals surface area contributed by atoms with Crippen molar-refractivity contribution in [2.75, 3.05) is 38.5 Å². The maximum atomic E-state index is 13.1. The molecule has 1 heterocycles. The van der Waals surface area contributed by atoms with E-state index >= 15 is 0 Å². The summed E-state index contributed by atoms with van der Waals surface area (Å²) in [6, 6.07) is 15.0. The fourth-order valence-corrected chi connectivity index (χ4v) is 4.92. The van der Waals surface area contributed by atoms with Crippen LogP contribution < -0.4 is 11.1 Å². The Labute approximate surface area is 173 Å². The number of guanidine groups is 1. The normalized spacial score (nSPS) is 16.7. The quantitative estimate of drug-likeness (QED) is 0.557. The third kappa shape index (κ3) is 5.35. The highest BCUT2D eigenvalue weighted by Gasteiger charge is 2.29. The van der Waals surface area contributed by atoms with Gasteiger partial charge in [-0.2, -0.15) is 4.31 Å². The van der Waals surface area contributed by atoms with Crippen LogP contribution in [0.5, 0.6) is 0 Å². The summed E-state index contributed by atoms with van der Waals surface area (Å²) >= 11 is 0. The molecule has 0 amide bonds. The molecule has 1 aliphatic rings. The molecule has 3 rings (SSSR count). The Morgan fingerprint density at radius 1 is 1.10 bits per heavy atom. The lowest BCUT2D eigenvalue weighted by Crippen LogP contribution is -2.47. The number of aliphatic imine (C=N–C) groups is 1. The van der Waals surface area contributed by atoms with Gasteiger partial charge in [-0.1, -0.05) is 37.3 Å². The molecule has 0 atom stereocenters. The molecule has 29 heavy (non-hydrogen) atoms. The molecule has 0 spiro atoms. The Hall–Kier alpha value is -2.42. The van der Waals surface area contributed by atoms with E-state index in [0.29, 0.717) is 23.5 Å². The molecule has 0 unspecified atom stereocenters. The van der Waals surface area contributed by atoms with E-state index < -0.39 is 10.0 Å². The number of piperazine rings is 1. The summed E-state index contributed by atoms with van der Waals surface area (Å²) in [5.74, 6) is 0.255. The SMILES string of the molecule is CCc1cccc(NC(N)=NCc2ccccc2S(=O)(=O)N2CCN(C)CC2)c1. The number of anilines is 1. The van der Waals surface area contributed by atoms with Crippen molar-refractivity contribution in [3.8, 4) is 0 Å². The van der Waals surface area contributed by atoms with Crippen LogP contribution in [0.3, 0.4) is 0 Å². The Bertz CT molecular complexity index is 967. The molecule has 156 valence electrons. The Balaban J connectivity index is 1.75. The molecular formula is C21H29N5O2S. The van der Waals surface area contributed by atoms with Crippen LogP contribution in [-0.4, -0.2) is 56.8 Å². The Morgan fingerprint density at radius 2 is 1.83 bits per heavy atom. The van der Waals surface area contributed by atoms with E-state index in [1.807, 2.05) is 31.3 Å². The lowest BCUT2D eigenvalue weighted by molar-refractivity contribution is 0.222. The smallest absolute Gasteiger partial charge is 0.243 e. The number of nitrogens with zero attached hydrogens (tertiary/aromatic N) is 3. The molecule has 8 heteroatoms. The highest BCUT2D eigenvalue weighted by molar-refractivity contribution is 7.89. The van der Waals surface area contributed by atoms with Gasteiger partial charge in [-0.05, 0) is 42.8 Å². The number of aryl methyl sites for hydroxylation is 1. The average Bonchev–Trinajstić information content (AvgIpc) is 2.73. The van der Waals surface area contributed by atoms with Crippen LogP contribution in [0.4, 0.5) is 5.69 Å². The zero-order chi connectivity index (χ0) is 20.9. The van der Waals surface area contributed by atoms with Crippen molar-refractivity contribution in [2.45, 2.75) is 24.8 Å². The van der Waals surface area contributed by atoms with Crippen LogP contribution in [0.25, 0.3) is 0 Å². The number of hydrogen-bond donors (Lipinski definition) is 2. The lowest BCUT2D eigenvalue weighted by atomic mass is 10.1. The van der Waals surface area contributed by atoms with E-state index in [1.54, 1.807) is 22.5 Å². The van der Waals surface area contributed by atoms with E-state index in [4.69, 9.17) is 5.73 Å². The second kappa shape index (κ2) is 9.39. The van der Waals surface area contributed by atoms with E-state index in [1.165, 1.54) is 5.56 Å². The van der Waals surface area contributed by atoms with Gasteiger partial charge in [-0.25, -0.2) is 13.4 Å². The summed E-state index contributed by atoms with van der Waals surface area (Å²) in [6.45, 7) is 4.73. The first-order valence-electron chi connectivity index (χ1n) is 9.82. The maximum absolute atomic E-state index is 13.1. The first-order chi connectivity index (χ1) is 13.9. The number of likely N-dealkylation sites (N-methyl/N-ethyl adjacent to an activating group) is 1. The number of benzene rings is 2. The third-order valence-corrected chi connectivity index (χ3v) is 7.08. The fourth-order valence-electron chi connectivity index (χ4n) is 3.28. The van der Waals surface area contributed by atoms with Crippen molar-refractivity contribution in [1.82, 2.24) is 9.21 Å². The van der Waals surface area contributed by atoms with E-state index in [0.717, 1.165) is 25.2 Å². The van der Waals surface area contributed by atoms with E-state index in [9.17, 15) is 8.42 Å². The molecule has 0 saturated carbocycles. The number of nitrogens with two attached hydrogens (primary N) is 1. The van der Waals surface area contributed by atoms with Gasteiger partial charge < -0.3 is 16.0 Å². The van der Waals surface area contributed by atoms with Gasteiger partial charge in [0, 0.05) is 31.9 Å². The van der Waals surface area contributed by atoms with Gasteiger partial charge in [0.05, 0.1) is 11.4 Å². The van der Waals surface area contributed by atoms with Crippen molar-refractivity contribution in [3.63, 3.8) is 0 Å². The molecule has 3 N–H and O–H groups in total. The van der Waals surface area contributed by atoms with Crippen LogP contribution >= 0.6 is 0 Å². The zero-order valence-corrected chi connectivity index (χ0v) is 17.8. The molecular weight excluding hydrogens is 386 g/mol. The van der Waals surface area contributed by atoms with Crippen LogP contribution in [0.15, 0.2) is 58.4 Å². The Kier molecular flexibility index (Phi) is 6.89. The van der Waals surface area contributed by atoms with Crippen LogP contribution in [0.1, 0.15) is 18.1 Å². The molecule has 2 aromatic rings. The number of nitrogens with one attached hydrogen (secondary N) is 1. The van der Waals surface area contributed by atoms with Gasteiger partial charge in [0.25, 0.3) is 0 Å². The van der Waals surface area contributed by atoms with Crippen LogP contribution in [0.2, 0.25) is 0 Å². The lowest BCUT2D eigenvalue weighted by Gasteiger charge is -2.32. The minimum Gasteiger partial charge on any atom is -0.370 e. The summed E-state index contributed by atoms with van der Waals surface area (Å²) in [5.41, 5.74) is 8.74. The molecule has 1 saturated heterocycles. The summed E-state index contributed by atoms with van der Waals surface area (Å²) < 4.78 is 27.8.